The molecule has 0 saturated carbocycles. The van der Waals surface area contributed by atoms with Gasteiger partial charge in [-0.2, -0.15) is 23.2 Å². The minimum absolute atomic E-state index is 0.0640. The maximum Gasteiger partial charge on any atom is 0.425 e. The van der Waals surface area contributed by atoms with E-state index in [2.05, 4.69) is 10.2 Å². The fourth-order valence-electron chi connectivity index (χ4n) is 1.44. The third kappa shape index (κ3) is 4.95. The predicted octanol–water partition coefficient (Wildman–Crippen LogP) is 3.65. The highest BCUT2D eigenvalue weighted by atomic mass is 35.5. The van der Waals surface area contributed by atoms with Gasteiger partial charge in [-0.3, -0.25) is 0 Å². The number of halogens is 4. The zero-order valence-electron chi connectivity index (χ0n) is 12.3. The Labute approximate surface area is 134 Å². The van der Waals surface area contributed by atoms with Gasteiger partial charge in [0, 0.05) is 0 Å². The van der Waals surface area contributed by atoms with Crippen molar-refractivity contribution in [3.63, 3.8) is 0 Å². The zero-order chi connectivity index (χ0) is 18.0. The van der Waals surface area contributed by atoms with Crippen LogP contribution in [0.2, 0.25) is 0 Å². The van der Waals surface area contributed by atoms with Crippen LogP contribution in [0.15, 0.2) is 6.07 Å². The van der Waals surface area contributed by atoms with Crippen molar-refractivity contribution in [2.24, 2.45) is 0 Å². The molecular weight excluding hydrogens is 343 g/mol. The second kappa shape index (κ2) is 6.57. The molecule has 2 amide bonds. The Kier molecular flexibility index (Phi) is 5.41. The first-order valence-electron chi connectivity index (χ1n) is 6.12. The molecule has 7 nitrogen and oxygen atoms in total. The molecule has 0 aromatic carbocycles. The van der Waals surface area contributed by atoms with Crippen molar-refractivity contribution < 1.29 is 32.6 Å². The second-order valence-corrected chi connectivity index (χ2v) is 5.56. The topological polar surface area (TPSA) is 92.6 Å². The minimum Gasteiger partial charge on any atom is -0.464 e. The molecule has 128 valence electrons. The molecule has 0 aliphatic heterocycles. The molecule has 0 aliphatic rings. The van der Waals surface area contributed by atoms with Crippen LogP contribution in [0.5, 0.6) is 0 Å². The number of carboxylic acid groups (broad SMARTS) is 1. The lowest BCUT2D eigenvalue weighted by molar-refractivity contribution is -0.138. The van der Waals surface area contributed by atoms with E-state index in [9.17, 15) is 22.8 Å². The van der Waals surface area contributed by atoms with Crippen LogP contribution in [-0.4, -0.2) is 33.1 Å². The number of rotatable bonds is 2. The highest BCUT2D eigenvalue weighted by Gasteiger charge is 2.37. The van der Waals surface area contributed by atoms with Crippen molar-refractivity contribution in [1.29, 1.82) is 0 Å². The summed E-state index contributed by atoms with van der Waals surface area (Å²) in [5.41, 5.74) is -2.93. The number of hydrogen-bond donors (Lipinski definition) is 1. The number of amides is 2. The molecule has 1 aromatic heterocycles. The standard InChI is InChI=1S/C12H13ClF3N3O4/c1-11(2,3)23-10(22)19(9(20)21)8-4-6(12(14,15)16)7(5-13)17-18-8/h4H,5H2,1-3H3,(H,20,21). The SMILES string of the molecule is CC(C)(C)OC(=O)N(C(=O)O)c1cc(C(F)(F)F)c(CCl)nn1. The Bertz CT molecular complexity index is 617. The monoisotopic (exact) mass is 355 g/mol. The minimum atomic E-state index is -4.84. The van der Waals surface area contributed by atoms with Crippen molar-refractivity contribution >= 4 is 29.6 Å². The molecule has 11 heteroatoms. The van der Waals surface area contributed by atoms with Crippen molar-refractivity contribution in [2.75, 3.05) is 4.90 Å². The molecule has 1 heterocycles. The van der Waals surface area contributed by atoms with E-state index in [0.717, 1.165) is 0 Å². The molecule has 0 saturated heterocycles. The highest BCUT2D eigenvalue weighted by molar-refractivity contribution is 6.17. The lowest BCUT2D eigenvalue weighted by atomic mass is 10.2. The zero-order valence-corrected chi connectivity index (χ0v) is 13.1. The number of hydrogen-bond acceptors (Lipinski definition) is 5. The maximum atomic E-state index is 12.9. The van der Waals surface area contributed by atoms with Crippen LogP contribution in [0, 0.1) is 0 Å². The number of imide groups is 1. The van der Waals surface area contributed by atoms with Crippen molar-refractivity contribution in [1.82, 2.24) is 10.2 Å². The predicted molar refractivity (Wildman–Crippen MR) is 73.3 cm³/mol. The number of carbonyl (C=O) groups is 2. The molecule has 1 rings (SSSR count). The van der Waals surface area contributed by atoms with Crippen LogP contribution in [0.1, 0.15) is 32.0 Å². The summed E-state index contributed by atoms with van der Waals surface area (Å²) in [6, 6.07) is 0.378. The van der Waals surface area contributed by atoms with E-state index in [4.69, 9.17) is 21.4 Å². The summed E-state index contributed by atoms with van der Waals surface area (Å²) in [4.78, 5) is 23.0. The lowest BCUT2D eigenvalue weighted by Gasteiger charge is -2.24. The van der Waals surface area contributed by atoms with Gasteiger partial charge in [0.25, 0.3) is 0 Å². The van der Waals surface area contributed by atoms with Crippen LogP contribution in [-0.2, 0) is 16.8 Å². The first-order chi connectivity index (χ1) is 10.4. The largest absolute Gasteiger partial charge is 0.464 e. The van der Waals surface area contributed by atoms with E-state index in [0.29, 0.717) is 6.07 Å². The fourth-order valence-corrected chi connectivity index (χ4v) is 1.63. The number of alkyl halides is 4. The van der Waals surface area contributed by atoms with Gasteiger partial charge in [-0.1, -0.05) is 0 Å². The normalized spacial score (nSPS) is 12.0. The summed E-state index contributed by atoms with van der Waals surface area (Å²) in [7, 11) is 0. The number of ether oxygens (including phenoxy) is 1. The molecule has 0 unspecified atom stereocenters. The summed E-state index contributed by atoms with van der Waals surface area (Å²) in [5, 5.41) is 15.6. The Morgan fingerprint density at radius 3 is 2.26 bits per heavy atom. The van der Waals surface area contributed by atoms with E-state index in [1.165, 1.54) is 20.8 Å². The Hall–Kier alpha value is -2.10. The van der Waals surface area contributed by atoms with Gasteiger partial charge in [0.05, 0.1) is 17.1 Å². The Morgan fingerprint density at radius 2 is 1.87 bits per heavy atom. The van der Waals surface area contributed by atoms with E-state index >= 15 is 0 Å². The van der Waals surface area contributed by atoms with E-state index in [-0.39, 0.29) is 4.90 Å². The molecular formula is C12H13ClF3N3O4. The van der Waals surface area contributed by atoms with Crippen LogP contribution < -0.4 is 4.90 Å². The maximum absolute atomic E-state index is 12.9. The molecule has 0 bridgehead atoms. The third-order valence-electron chi connectivity index (χ3n) is 2.29. The van der Waals surface area contributed by atoms with E-state index < -0.39 is 46.9 Å². The number of nitrogens with zero attached hydrogens (tertiary/aromatic N) is 3. The molecule has 0 fully saturated rings. The van der Waals surface area contributed by atoms with Gasteiger partial charge in [-0.05, 0) is 26.8 Å². The average Bonchev–Trinajstić information content (AvgIpc) is 2.35. The van der Waals surface area contributed by atoms with Crippen molar-refractivity contribution in [3.05, 3.63) is 17.3 Å². The van der Waals surface area contributed by atoms with Crippen LogP contribution in [0.3, 0.4) is 0 Å². The number of anilines is 1. The Balaban J connectivity index is 3.34. The summed E-state index contributed by atoms with van der Waals surface area (Å²) >= 11 is 5.36. The average molecular weight is 356 g/mol. The first kappa shape index (κ1) is 18.9. The molecule has 0 spiro atoms. The summed E-state index contributed by atoms with van der Waals surface area (Å²) in [6.07, 6.45) is -8.10. The van der Waals surface area contributed by atoms with Crippen molar-refractivity contribution in [3.8, 4) is 0 Å². The van der Waals surface area contributed by atoms with Gasteiger partial charge in [-0.15, -0.1) is 16.7 Å². The van der Waals surface area contributed by atoms with Crippen molar-refractivity contribution in [2.45, 2.75) is 38.4 Å². The molecule has 23 heavy (non-hydrogen) atoms. The summed E-state index contributed by atoms with van der Waals surface area (Å²) in [5.74, 6) is -1.42. The fraction of sp³-hybridized carbons (Fsp3) is 0.500. The molecule has 1 aromatic rings. The van der Waals surface area contributed by atoms with Gasteiger partial charge in [0.15, 0.2) is 5.82 Å². The third-order valence-corrected chi connectivity index (χ3v) is 2.54. The van der Waals surface area contributed by atoms with Crippen LogP contribution >= 0.6 is 11.6 Å². The smallest absolute Gasteiger partial charge is 0.425 e. The molecule has 0 atom stereocenters. The van der Waals surface area contributed by atoms with Gasteiger partial charge in [0.1, 0.15) is 5.60 Å². The molecule has 0 radical (unpaired) electrons. The highest BCUT2D eigenvalue weighted by Crippen LogP contribution is 2.33. The number of aromatic nitrogens is 2. The van der Waals surface area contributed by atoms with Gasteiger partial charge < -0.3 is 9.84 Å². The van der Waals surface area contributed by atoms with Crippen LogP contribution in [0.25, 0.3) is 0 Å². The second-order valence-electron chi connectivity index (χ2n) is 5.29. The van der Waals surface area contributed by atoms with E-state index in [1.54, 1.807) is 0 Å². The molecule has 1 N–H and O–H groups in total. The van der Waals surface area contributed by atoms with E-state index in [1.807, 2.05) is 0 Å². The van der Waals surface area contributed by atoms with Gasteiger partial charge in [-0.25, -0.2) is 9.59 Å². The quantitative estimate of drug-likeness (QED) is 0.814. The van der Waals surface area contributed by atoms with Gasteiger partial charge >= 0.3 is 18.4 Å². The first-order valence-corrected chi connectivity index (χ1v) is 6.66. The lowest BCUT2D eigenvalue weighted by Crippen LogP contribution is -2.41. The Morgan fingerprint density at radius 1 is 1.30 bits per heavy atom. The van der Waals surface area contributed by atoms with Gasteiger partial charge in [0.2, 0.25) is 0 Å². The van der Waals surface area contributed by atoms with Crippen LogP contribution in [0.4, 0.5) is 28.6 Å². The molecule has 0 aliphatic carbocycles. The number of carbonyl (C=O) groups excluding carboxylic acids is 1. The summed E-state index contributed by atoms with van der Waals surface area (Å²) in [6.45, 7) is 4.40. The summed E-state index contributed by atoms with van der Waals surface area (Å²) < 4.78 is 43.7.